The minimum Gasteiger partial charge on any atom is -0.294 e. The normalized spacial score (nSPS) is 10.5. The first-order chi connectivity index (χ1) is 8.97. The molecule has 19 heavy (non-hydrogen) atoms. The molecule has 5 heteroatoms. The van der Waals surface area contributed by atoms with E-state index in [9.17, 15) is 22.4 Å². The van der Waals surface area contributed by atoms with Gasteiger partial charge in [-0.1, -0.05) is 6.07 Å². The molecule has 0 aliphatic heterocycles. The number of ketones is 1. The summed E-state index contributed by atoms with van der Waals surface area (Å²) in [6, 6.07) is 5.56. The van der Waals surface area contributed by atoms with Gasteiger partial charge in [-0.15, -0.1) is 0 Å². The Kier molecular flexibility index (Phi) is 3.64. The summed E-state index contributed by atoms with van der Waals surface area (Å²) in [4.78, 5) is 11.8. The maximum absolute atomic E-state index is 13.4. The lowest BCUT2D eigenvalue weighted by Gasteiger charge is -2.05. The van der Waals surface area contributed by atoms with E-state index in [1.54, 1.807) is 0 Å². The van der Waals surface area contributed by atoms with E-state index in [1.165, 1.54) is 0 Å². The second-order valence-corrected chi connectivity index (χ2v) is 3.97. The zero-order valence-corrected chi connectivity index (χ0v) is 9.59. The van der Waals surface area contributed by atoms with Gasteiger partial charge in [-0.05, 0) is 29.8 Å². The van der Waals surface area contributed by atoms with Crippen LogP contribution in [-0.4, -0.2) is 5.78 Å². The fourth-order valence-electron chi connectivity index (χ4n) is 1.75. The molecule has 0 atom stereocenters. The van der Waals surface area contributed by atoms with Gasteiger partial charge in [-0.3, -0.25) is 4.79 Å². The monoisotopic (exact) mass is 268 g/mol. The smallest absolute Gasteiger partial charge is 0.173 e. The van der Waals surface area contributed by atoms with Gasteiger partial charge < -0.3 is 0 Å². The summed E-state index contributed by atoms with van der Waals surface area (Å²) in [5, 5.41) is 0. The maximum atomic E-state index is 13.4. The number of halogens is 4. The lowest BCUT2D eigenvalue weighted by atomic mass is 10.0. The third-order valence-corrected chi connectivity index (χ3v) is 2.53. The topological polar surface area (TPSA) is 17.1 Å². The van der Waals surface area contributed by atoms with Crippen molar-refractivity contribution in [3.05, 3.63) is 70.8 Å². The molecule has 0 N–H and O–H groups in total. The summed E-state index contributed by atoms with van der Waals surface area (Å²) < 4.78 is 52.6. The number of carbonyl (C=O) groups excluding carboxylic acids is 1. The van der Waals surface area contributed by atoms with Gasteiger partial charge in [0.2, 0.25) is 0 Å². The van der Waals surface area contributed by atoms with E-state index in [0.717, 1.165) is 30.3 Å². The first-order valence-electron chi connectivity index (χ1n) is 5.39. The molecule has 2 aromatic rings. The highest BCUT2D eigenvalue weighted by Crippen LogP contribution is 2.16. The first kappa shape index (κ1) is 13.3. The Morgan fingerprint density at radius 2 is 1.42 bits per heavy atom. The number of hydrogen-bond acceptors (Lipinski definition) is 1. The second kappa shape index (κ2) is 5.22. The predicted molar refractivity (Wildman–Crippen MR) is 60.8 cm³/mol. The van der Waals surface area contributed by atoms with E-state index in [1.807, 2.05) is 0 Å². The Morgan fingerprint density at radius 1 is 0.895 bits per heavy atom. The highest BCUT2D eigenvalue weighted by Gasteiger charge is 2.17. The molecular weight excluding hydrogens is 260 g/mol. The Labute approximate surface area is 106 Å². The third kappa shape index (κ3) is 2.99. The largest absolute Gasteiger partial charge is 0.294 e. The average molecular weight is 268 g/mol. The molecule has 0 saturated heterocycles. The molecule has 0 unspecified atom stereocenters. The van der Waals surface area contributed by atoms with Crippen LogP contribution in [0.2, 0.25) is 0 Å². The molecule has 0 radical (unpaired) electrons. The van der Waals surface area contributed by atoms with Crippen molar-refractivity contribution in [2.75, 3.05) is 0 Å². The van der Waals surface area contributed by atoms with Crippen LogP contribution in [0.3, 0.4) is 0 Å². The lowest BCUT2D eigenvalue weighted by Crippen LogP contribution is -2.09. The number of rotatable bonds is 3. The van der Waals surface area contributed by atoms with E-state index in [2.05, 4.69) is 0 Å². The van der Waals surface area contributed by atoms with Gasteiger partial charge in [-0.25, -0.2) is 17.6 Å². The summed E-state index contributed by atoms with van der Waals surface area (Å²) in [5.74, 6) is -4.57. The highest BCUT2D eigenvalue weighted by atomic mass is 19.1. The van der Waals surface area contributed by atoms with Gasteiger partial charge in [0.05, 0.1) is 5.56 Å². The molecule has 0 spiro atoms. The minimum atomic E-state index is -0.998. The SMILES string of the molecule is O=C(Cc1cc(F)cc(F)c1)c1c(F)cccc1F. The van der Waals surface area contributed by atoms with E-state index < -0.39 is 41.0 Å². The number of hydrogen-bond donors (Lipinski definition) is 0. The van der Waals surface area contributed by atoms with Crippen molar-refractivity contribution in [2.24, 2.45) is 0 Å². The van der Waals surface area contributed by atoms with Crippen molar-refractivity contribution >= 4 is 5.78 Å². The van der Waals surface area contributed by atoms with Gasteiger partial charge in [0.1, 0.15) is 23.3 Å². The zero-order valence-electron chi connectivity index (χ0n) is 9.59. The van der Waals surface area contributed by atoms with Crippen LogP contribution < -0.4 is 0 Å². The number of carbonyl (C=O) groups is 1. The predicted octanol–water partition coefficient (Wildman–Crippen LogP) is 3.67. The molecule has 0 bridgehead atoms. The van der Waals surface area contributed by atoms with Crippen molar-refractivity contribution in [1.29, 1.82) is 0 Å². The fourth-order valence-corrected chi connectivity index (χ4v) is 1.75. The Bertz CT molecular complexity index is 597. The maximum Gasteiger partial charge on any atom is 0.173 e. The van der Waals surface area contributed by atoms with E-state index >= 15 is 0 Å². The van der Waals surface area contributed by atoms with Crippen LogP contribution in [-0.2, 0) is 6.42 Å². The summed E-state index contributed by atoms with van der Waals surface area (Å²) >= 11 is 0. The molecule has 2 aromatic carbocycles. The Morgan fingerprint density at radius 3 is 1.95 bits per heavy atom. The molecule has 1 nitrogen and oxygen atoms in total. The van der Waals surface area contributed by atoms with E-state index in [4.69, 9.17) is 0 Å². The molecule has 0 aromatic heterocycles. The summed E-state index contributed by atoms with van der Waals surface area (Å²) in [7, 11) is 0. The van der Waals surface area contributed by atoms with Crippen LogP contribution in [0, 0.1) is 23.3 Å². The minimum absolute atomic E-state index is 0.0187. The van der Waals surface area contributed by atoms with Gasteiger partial charge >= 0.3 is 0 Å². The summed E-state index contributed by atoms with van der Waals surface area (Å²) in [6.07, 6.45) is -0.480. The van der Waals surface area contributed by atoms with Gasteiger partial charge in [0.15, 0.2) is 5.78 Å². The molecule has 2 rings (SSSR count). The van der Waals surface area contributed by atoms with Crippen LogP contribution in [0.1, 0.15) is 15.9 Å². The van der Waals surface area contributed by atoms with Crippen LogP contribution in [0.4, 0.5) is 17.6 Å². The molecular formula is C14H8F4O. The second-order valence-electron chi connectivity index (χ2n) is 3.97. The van der Waals surface area contributed by atoms with Crippen molar-refractivity contribution in [3.63, 3.8) is 0 Å². The third-order valence-electron chi connectivity index (χ3n) is 2.53. The number of benzene rings is 2. The van der Waals surface area contributed by atoms with Crippen LogP contribution in [0.5, 0.6) is 0 Å². The Balaban J connectivity index is 2.31. The molecule has 0 fully saturated rings. The highest BCUT2D eigenvalue weighted by molar-refractivity contribution is 5.98. The van der Waals surface area contributed by atoms with Gasteiger partial charge in [0, 0.05) is 12.5 Å². The molecule has 98 valence electrons. The zero-order chi connectivity index (χ0) is 14.0. The van der Waals surface area contributed by atoms with Gasteiger partial charge in [-0.2, -0.15) is 0 Å². The molecule has 0 heterocycles. The summed E-state index contributed by atoms with van der Waals surface area (Å²) in [5.41, 5.74) is -0.683. The lowest BCUT2D eigenvalue weighted by molar-refractivity contribution is 0.0985. The van der Waals surface area contributed by atoms with Crippen LogP contribution in [0.25, 0.3) is 0 Å². The van der Waals surface area contributed by atoms with Crippen molar-refractivity contribution in [1.82, 2.24) is 0 Å². The van der Waals surface area contributed by atoms with Gasteiger partial charge in [0.25, 0.3) is 0 Å². The number of Topliss-reactive ketones (excluding diaryl/α,β-unsaturated/α-hetero) is 1. The quantitative estimate of drug-likeness (QED) is 0.613. The van der Waals surface area contributed by atoms with Crippen molar-refractivity contribution in [3.8, 4) is 0 Å². The molecule has 0 aliphatic carbocycles. The Hall–Kier alpha value is -2.17. The fraction of sp³-hybridized carbons (Fsp3) is 0.0714. The van der Waals surface area contributed by atoms with Crippen LogP contribution in [0.15, 0.2) is 36.4 Å². The van der Waals surface area contributed by atoms with E-state index in [0.29, 0.717) is 6.07 Å². The first-order valence-corrected chi connectivity index (χ1v) is 5.39. The van der Waals surface area contributed by atoms with E-state index in [-0.39, 0.29) is 5.56 Å². The van der Waals surface area contributed by atoms with Crippen LogP contribution >= 0.6 is 0 Å². The molecule has 0 amide bonds. The summed E-state index contributed by atoms with van der Waals surface area (Å²) in [6.45, 7) is 0. The van der Waals surface area contributed by atoms with Crippen molar-refractivity contribution < 1.29 is 22.4 Å². The molecule has 0 saturated carbocycles. The standard InChI is InChI=1S/C14H8F4O/c15-9-4-8(5-10(16)7-9)6-13(19)14-11(17)2-1-3-12(14)18/h1-5,7H,6H2. The molecule has 0 aliphatic rings. The van der Waals surface area contributed by atoms with Crippen molar-refractivity contribution in [2.45, 2.75) is 6.42 Å². The average Bonchev–Trinajstić information content (AvgIpc) is 2.26.